The maximum absolute atomic E-state index is 13.2. The van der Waals surface area contributed by atoms with Crippen LogP contribution in [0.2, 0.25) is 0 Å². The molecule has 0 saturated carbocycles. The van der Waals surface area contributed by atoms with Crippen molar-refractivity contribution in [3.05, 3.63) is 42.0 Å². The largest absolute Gasteiger partial charge is 0.493 e. The molecule has 4 rings (SSSR count). The van der Waals surface area contributed by atoms with E-state index in [-0.39, 0.29) is 11.9 Å². The third-order valence-corrected chi connectivity index (χ3v) is 6.31. The number of carbonyl (C=O) groups excluding carboxylic acids is 1. The van der Waals surface area contributed by atoms with Gasteiger partial charge in [-0.2, -0.15) is 0 Å². The average molecular weight is 456 g/mol. The number of anilines is 1. The molecule has 168 valence electrons. The second-order valence-corrected chi connectivity index (χ2v) is 8.73. The van der Waals surface area contributed by atoms with Crippen molar-refractivity contribution in [3.63, 3.8) is 0 Å². The molecule has 1 aromatic heterocycles. The molecule has 2 aromatic carbocycles. The molecule has 8 nitrogen and oxygen atoms in total. The smallest absolute Gasteiger partial charge is 0.277 e. The highest BCUT2D eigenvalue weighted by Crippen LogP contribution is 2.41. The number of amides is 1. The summed E-state index contributed by atoms with van der Waals surface area (Å²) in [6, 6.07) is 11.6. The van der Waals surface area contributed by atoms with E-state index in [1.807, 2.05) is 30.0 Å². The number of hydrogen-bond donors (Lipinski definition) is 0. The van der Waals surface area contributed by atoms with Crippen molar-refractivity contribution in [3.8, 4) is 28.7 Å². The predicted molar refractivity (Wildman–Crippen MR) is 122 cm³/mol. The van der Waals surface area contributed by atoms with Crippen molar-refractivity contribution in [1.29, 1.82) is 0 Å². The van der Waals surface area contributed by atoms with Gasteiger partial charge in [0.05, 0.1) is 26.6 Å². The van der Waals surface area contributed by atoms with E-state index in [1.165, 1.54) is 17.3 Å². The van der Waals surface area contributed by atoms with Crippen molar-refractivity contribution in [2.45, 2.75) is 36.8 Å². The summed E-state index contributed by atoms with van der Waals surface area (Å²) >= 11 is 1.24. The van der Waals surface area contributed by atoms with Gasteiger partial charge in [0.1, 0.15) is 0 Å². The lowest BCUT2D eigenvalue weighted by molar-refractivity contribution is -0.118. The summed E-state index contributed by atoms with van der Waals surface area (Å²) in [4.78, 5) is 15.1. The van der Waals surface area contributed by atoms with Crippen LogP contribution < -0.4 is 19.1 Å². The van der Waals surface area contributed by atoms with Crippen LogP contribution in [-0.4, -0.2) is 48.7 Å². The Morgan fingerprint density at radius 1 is 1.12 bits per heavy atom. The number of hydrogen-bond acceptors (Lipinski definition) is 8. The van der Waals surface area contributed by atoms with Gasteiger partial charge >= 0.3 is 0 Å². The third-order valence-electron chi connectivity index (χ3n) is 5.39. The van der Waals surface area contributed by atoms with Gasteiger partial charge in [-0.25, -0.2) is 0 Å². The molecular formula is C23H25N3O5S. The van der Waals surface area contributed by atoms with E-state index >= 15 is 0 Å². The molecular weight excluding hydrogens is 430 g/mol. The van der Waals surface area contributed by atoms with Crippen molar-refractivity contribution in [1.82, 2.24) is 10.2 Å². The van der Waals surface area contributed by atoms with Crippen molar-refractivity contribution in [2.24, 2.45) is 0 Å². The van der Waals surface area contributed by atoms with E-state index in [0.29, 0.717) is 33.9 Å². The number of aromatic nitrogens is 2. The minimum absolute atomic E-state index is 0.0139. The minimum Gasteiger partial charge on any atom is -0.493 e. The fourth-order valence-corrected chi connectivity index (χ4v) is 4.61. The molecule has 0 N–H and O–H groups in total. The number of nitrogens with zero attached hydrogens (tertiary/aromatic N) is 3. The molecule has 2 unspecified atom stereocenters. The molecule has 0 saturated heterocycles. The fraction of sp³-hybridized carbons (Fsp3) is 0.348. The Bertz CT molecular complexity index is 1110. The Morgan fingerprint density at radius 3 is 2.47 bits per heavy atom. The first-order valence-electron chi connectivity index (χ1n) is 10.2. The standard InChI is InChI=1S/C23H25N3O5S/c1-13-10-15-8-6-7-9-17(15)26(13)22(27)14(2)32-23-25-24-21(31-23)16-11-18(28-3)20(30-5)19(12-16)29-4/h6-9,11-14H,10H2,1-5H3. The molecule has 0 radical (unpaired) electrons. The summed E-state index contributed by atoms with van der Waals surface area (Å²) in [5.41, 5.74) is 2.79. The Kier molecular flexibility index (Phi) is 6.27. The number of thioether (sulfide) groups is 1. The first-order valence-corrected chi connectivity index (χ1v) is 11.1. The first-order chi connectivity index (χ1) is 15.5. The molecule has 0 aliphatic carbocycles. The van der Waals surface area contributed by atoms with Crippen LogP contribution in [-0.2, 0) is 11.2 Å². The van der Waals surface area contributed by atoms with Crippen LogP contribution >= 0.6 is 11.8 Å². The van der Waals surface area contributed by atoms with Crippen LogP contribution in [0.4, 0.5) is 5.69 Å². The third kappa shape index (κ3) is 4.00. The molecule has 0 bridgehead atoms. The zero-order valence-corrected chi connectivity index (χ0v) is 19.4. The molecule has 32 heavy (non-hydrogen) atoms. The van der Waals surface area contributed by atoms with Gasteiger partial charge in [0, 0.05) is 17.3 Å². The minimum atomic E-state index is -0.392. The molecule has 1 aliphatic rings. The zero-order valence-electron chi connectivity index (χ0n) is 18.6. The predicted octanol–water partition coefficient (Wildman–Crippen LogP) is 4.22. The summed E-state index contributed by atoms with van der Waals surface area (Å²) in [5, 5.41) is 8.18. The summed E-state index contributed by atoms with van der Waals surface area (Å²) in [5.74, 6) is 1.76. The highest BCUT2D eigenvalue weighted by molar-refractivity contribution is 8.00. The molecule has 1 aliphatic heterocycles. The van der Waals surface area contributed by atoms with E-state index in [4.69, 9.17) is 18.6 Å². The Morgan fingerprint density at radius 2 is 1.81 bits per heavy atom. The van der Waals surface area contributed by atoms with Gasteiger partial charge in [-0.05, 0) is 44.0 Å². The highest BCUT2D eigenvalue weighted by atomic mass is 32.2. The van der Waals surface area contributed by atoms with E-state index in [0.717, 1.165) is 12.1 Å². The normalized spacial score (nSPS) is 15.9. The van der Waals surface area contributed by atoms with E-state index in [1.54, 1.807) is 33.5 Å². The van der Waals surface area contributed by atoms with Crippen LogP contribution in [0.3, 0.4) is 0 Å². The number of ether oxygens (including phenoxy) is 3. The van der Waals surface area contributed by atoms with Gasteiger partial charge in [0.15, 0.2) is 11.5 Å². The number of methoxy groups -OCH3 is 3. The monoisotopic (exact) mass is 455 g/mol. The van der Waals surface area contributed by atoms with Gasteiger partial charge < -0.3 is 23.5 Å². The lowest BCUT2D eigenvalue weighted by atomic mass is 10.1. The SMILES string of the molecule is COc1cc(-c2nnc(SC(C)C(=O)N3c4ccccc4CC3C)o2)cc(OC)c1OC. The molecule has 9 heteroatoms. The molecule has 2 heterocycles. The quantitative estimate of drug-likeness (QED) is 0.490. The maximum Gasteiger partial charge on any atom is 0.277 e. The maximum atomic E-state index is 13.2. The van der Waals surface area contributed by atoms with Gasteiger partial charge in [-0.3, -0.25) is 4.79 Å². The lowest BCUT2D eigenvalue weighted by Gasteiger charge is -2.25. The van der Waals surface area contributed by atoms with Gasteiger partial charge in [0.2, 0.25) is 17.5 Å². The summed E-state index contributed by atoms with van der Waals surface area (Å²) in [6.45, 7) is 3.91. The highest BCUT2D eigenvalue weighted by Gasteiger charge is 2.34. The Hall–Kier alpha value is -3.20. The number of fused-ring (bicyclic) bond motifs is 1. The van der Waals surface area contributed by atoms with E-state index in [9.17, 15) is 4.79 Å². The molecule has 0 spiro atoms. The van der Waals surface area contributed by atoms with Crippen LogP contribution in [0.5, 0.6) is 17.2 Å². The second-order valence-electron chi connectivity index (χ2n) is 7.44. The fourth-order valence-electron chi connectivity index (χ4n) is 3.88. The van der Waals surface area contributed by atoms with Crippen LogP contribution in [0, 0.1) is 0 Å². The lowest BCUT2D eigenvalue weighted by Crippen LogP contribution is -2.40. The first kappa shape index (κ1) is 22.0. The van der Waals surface area contributed by atoms with Crippen LogP contribution in [0.15, 0.2) is 46.0 Å². The number of para-hydroxylation sites is 1. The number of rotatable bonds is 7. The van der Waals surface area contributed by atoms with Gasteiger partial charge in [0.25, 0.3) is 5.22 Å². The van der Waals surface area contributed by atoms with Crippen LogP contribution in [0.25, 0.3) is 11.5 Å². The summed E-state index contributed by atoms with van der Waals surface area (Å²) in [7, 11) is 4.63. The molecule has 2 atom stereocenters. The Labute approximate surface area is 190 Å². The molecule has 0 fully saturated rings. The molecule has 3 aromatic rings. The zero-order chi connectivity index (χ0) is 22.8. The van der Waals surface area contributed by atoms with Gasteiger partial charge in [-0.15, -0.1) is 10.2 Å². The summed E-state index contributed by atoms with van der Waals surface area (Å²) in [6.07, 6.45) is 0.852. The number of benzene rings is 2. The van der Waals surface area contributed by atoms with Crippen molar-refractivity contribution >= 4 is 23.4 Å². The average Bonchev–Trinajstić information content (AvgIpc) is 3.40. The Balaban J connectivity index is 1.53. The van der Waals surface area contributed by atoms with Crippen molar-refractivity contribution < 1.29 is 23.4 Å². The van der Waals surface area contributed by atoms with E-state index < -0.39 is 5.25 Å². The second kappa shape index (κ2) is 9.12. The van der Waals surface area contributed by atoms with E-state index in [2.05, 4.69) is 23.2 Å². The molecule has 1 amide bonds. The topological polar surface area (TPSA) is 86.9 Å². The van der Waals surface area contributed by atoms with Crippen LogP contribution in [0.1, 0.15) is 19.4 Å². The summed E-state index contributed by atoms with van der Waals surface area (Å²) < 4.78 is 22.0. The number of carbonyl (C=O) groups is 1. The van der Waals surface area contributed by atoms with Crippen molar-refractivity contribution in [2.75, 3.05) is 26.2 Å². The van der Waals surface area contributed by atoms with Gasteiger partial charge in [-0.1, -0.05) is 30.0 Å².